The number of benzene rings is 1. The van der Waals surface area contributed by atoms with Crippen molar-refractivity contribution in [3.8, 4) is 0 Å². The molecule has 1 saturated heterocycles. The van der Waals surface area contributed by atoms with Gasteiger partial charge in [0.25, 0.3) is 0 Å². The third-order valence-electron chi connectivity index (χ3n) is 3.66. The van der Waals surface area contributed by atoms with Gasteiger partial charge in [-0.2, -0.15) is 0 Å². The molecule has 3 rings (SSSR count). The Morgan fingerprint density at radius 3 is 2.69 bits per heavy atom. The number of fused-ring (bicyclic) bond motifs is 2. The van der Waals surface area contributed by atoms with Crippen LogP contribution in [0.4, 0.5) is 0 Å². The van der Waals surface area contributed by atoms with Crippen LogP contribution in [0.1, 0.15) is 17.2 Å². The second-order valence-electron chi connectivity index (χ2n) is 4.62. The Morgan fingerprint density at radius 1 is 1.12 bits per heavy atom. The highest BCUT2D eigenvalue weighted by Crippen LogP contribution is 2.37. The van der Waals surface area contributed by atoms with Gasteiger partial charge in [-0.1, -0.05) is 24.3 Å². The van der Waals surface area contributed by atoms with E-state index in [1.165, 1.54) is 0 Å². The van der Waals surface area contributed by atoms with Gasteiger partial charge in [0.05, 0.1) is 24.4 Å². The van der Waals surface area contributed by atoms with Crippen LogP contribution in [0.25, 0.3) is 0 Å². The molecule has 16 heavy (non-hydrogen) atoms. The van der Waals surface area contributed by atoms with Crippen molar-refractivity contribution < 1.29 is 15.3 Å². The third kappa shape index (κ3) is 1.31. The van der Waals surface area contributed by atoms with Crippen molar-refractivity contribution in [2.24, 2.45) is 0 Å². The number of rotatable bonds is 0. The minimum Gasteiger partial charge on any atom is -0.389 e. The van der Waals surface area contributed by atoms with Gasteiger partial charge in [-0.05, 0) is 11.1 Å². The number of hydrogen-bond donors (Lipinski definition) is 3. The smallest absolute Gasteiger partial charge is 0.0995 e. The van der Waals surface area contributed by atoms with Crippen LogP contribution in [0.15, 0.2) is 24.3 Å². The zero-order valence-corrected chi connectivity index (χ0v) is 8.82. The molecular formula is C12H15NO3. The Labute approximate surface area is 93.8 Å². The summed E-state index contributed by atoms with van der Waals surface area (Å²) in [6.45, 7) is 1.11. The highest BCUT2D eigenvalue weighted by Gasteiger charge is 2.46. The van der Waals surface area contributed by atoms with E-state index in [0.29, 0.717) is 13.1 Å². The maximum atomic E-state index is 10.2. The van der Waals surface area contributed by atoms with Crippen LogP contribution in [-0.2, 0) is 6.54 Å². The van der Waals surface area contributed by atoms with Crippen LogP contribution >= 0.6 is 0 Å². The lowest BCUT2D eigenvalue weighted by Crippen LogP contribution is -2.44. The molecule has 0 radical (unpaired) electrons. The SMILES string of the molecule is O[C@@H]1[C@H]2[C@H](O)c3ccccc3CN2C[C@@H]1O. The van der Waals surface area contributed by atoms with E-state index in [9.17, 15) is 15.3 Å². The van der Waals surface area contributed by atoms with Crippen molar-refractivity contribution >= 4 is 0 Å². The van der Waals surface area contributed by atoms with Crippen molar-refractivity contribution in [1.29, 1.82) is 0 Å². The Hall–Kier alpha value is -0.940. The average Bonchev–Trinajstić information content (AvgIpc) is 2.55. The zero-order chi connectivity index (χ0) is 11.3. The summed E-state index contributed by atoms with van der Waals surface area (Å²) in [6, 6.07) is 7.31. The molecule has 2 aliphatic rings. The van der Waals surface area contributed by atoms with Crippen molar-refractivity contribution in [3.05, 3.63) is 35.4 Å². The highest BCUT2D eigenvalue weighted by atomic mass is 16.3. The molecule has 86 valence electrons. The molecule has 4 nitrogen and oxygen atoms in total. The van der Waals surface area contributed by atoms with Gasteiger partial charge in [0.1, 0.15) is 0 Å². The lowest BCUT2D eigenvalue weighted by molar-refractivity contribution is -0.0199. The lowest BCUT2D eigenvalue weighted by Gasteiger charge is -2.36. The maximum Gasteiger partial charge on any atom is 0.0995 e. The van der Waals surface area contributed by atoms with Crippen molar-refractivity contribution in [3.63, 3.8) is 0 Å². The predicted molar refractivity (Wildman–Crippen MR) is 57.6 cm³/mol. The summed E-state index contributed by atoms with van der Waals surface area (Å²) in [6.07, 6.45) is -2.32. The van der Waals surface area contributed by atoms with Crippen LogP contribution in [0, 0.1) is 0 Å². The van der Waals surface area contributed by atoms with E-state index in [2.05, 4.69) is 0 Å². The topological polar surface area (TPSA) is 63.9 Å². The predicted octanol–water partition coefficient (Wildman–Crippen LogP) is -0.360. The Kier molecular flexibility index (Phi) is 2.26. The van der Waals surface area contributed by atoms with Gasteiger partial charge in [0.15, 0.2) is 0 Å². The Bertz CT molecular complexity index is 409. The van der Waals surface area contributed by atoms with Crippen LogP contribution in [0.3, 0.4) is 0 Å². The molecule has 1 fully saturated rings. The van der Waals surface area contributed by atoms with Crippen LogP contribution < -0.4 is 0 Å². The van der Waals surface area contributed by atoms with Crippen molar-refractivity contribution in [1.82, 2.24) is 4.90 Å². The molecule has 4 heteroatoms. The number of aliphatic hydroxyl groups is 3. The van der Waals surface area contributed by atoms with E-state index in [1.54, 1.807) is 0 Å². The second kappa shape index (κ2) is 3.53. The molecular weight excluding hydrogens is 206 g/mol. The minimum atomic E-state index is -0.858. The van der Waals surface area contributed by atoms with E-state index in [0.717, 1.165) is 11.1 Å². The van der Waals surface area contributed by atoms with Crippen molar-refractivity contribution in [2.75, 3.05) is 6.54 Å². The summed E-state index contributed by atoms with van der Waals surface area (Å²) in [7, 11) is 0. The normalized spacial score (nSPS) is 38.2. The number of nitrogens with zero attached hydrogens (tertiary/aromatic N) is 1. The molecule has 3 N–H and O–H groups in total. The highest BCUT2D eigenvalue weighted by molar-refractivity contribution is 5.33. The number of aliphatic hydroxyl groups excluding tert-OH is 3. The van der Waals surface area contributed by atoms with Crippen molar-refractivity contribution in [2.45, 2.75) is 30.9 Å². The van der Waals surface area contributed by atoms with E-state index in [-0.39, 0.29) is 6.04 Å². The molecule has 4 atom stereocenters. The quantitative estimate of drug-likeness (QED) is 0.560. The minimum absolute atomic E-state index is 0.370. The van der Waals surface area contributed by atoms with E-state index in [1.807, 2.05) is 29.2 Å². The van der Waals surface area contributed by atoms with E-state index < -0.39 is 18.3 Å². The zero-order valence-electron chi connectivity index (χ0n) is 8.82. The van der Waals surface area contributed by atoms with E-state index in [4.69, 9.17) is 0 Å². The van der Waals surface area contributed by atoms with Crippen LogP contribution in [0.5, 0.6) is 0 Å². The fraction of sp³-hybridized carbons (Fsp3) is 0.500. The first-order valence-electron chi connectivity index (χ1n) is 5.54. The molecule has 0 aromatic heterocycles. The fourth-order valence-electron chi connectivity index (χ4n) is 2.84. The summed E-state index contributed by atoms with van der Waals surface area (Å²) in [5.41, 5.74) is 1.95. The molecule has 1 aromatic carbocycles. The summed E-state index contributed by atoms with van der Waals surface area (Å²) >= 11 is 0. The standard InChI is InChI=1S/C12H15NO3/c14-9-6-13-5-7-3-1-2-4-8(7)11(15)10(13)12(9)16/h1-4,9-12,14-16H,5-6H2/t9-,10+,11+,12-/m0/s1. The molecule has 2 heterocycles. The Balaban J connectivity index is 2.01. The molecule has 1 aromatic rings. The maximum absolute atomic E-state index is 10.2. The molecule has 0 spiro atoms. The lowest BCUT2D eigenvalue weighted by atomic mass is 9.90. The second-order valence-corrected chi connectivity index (χ2v) is 4.62. The van der Waals surface area contributed by atoms with Crippen LogP contribution in [0.2, 0.25) is 0 Å². The van der Waals surface area contributed by atoms with Gasteiger partial charge in [-0.25, -0.2) is 0 Å². The van der Waals surface area contributed by atoms with E-state index >= 15 is 0 Å². The monoisotopic (exact) mass is 221 g/mol. The first kappa shape index (κ1) is 10.2. The van der Waals surface area contributed by atoms with Gasteiger partial charge >= 0.3 is 0 Å². The molecule has 0 saturated carbocycles. The van der Waals surface area contributed by atoms with Gasteiger partial charge in [-0.3, -0.25) is 4.90 Å². The first-order chi connectivity index (χ1) is 7.68. The molecule has 2 aliphatic heterocycles. The summed E-state index contributed by atoms with van der Waals surface area (Å²) in [5, 5.41) is 29.7. The first-order valence-corrected chi connectivity index (χ1v) is 5.54. The number of hydrogen-bond acceptors (Lipinski definition) is 4. The summed E-state index contributed by atoms with van der Waals surface area (Å²) in [4.78, 5) is 1.95. The molecule has 0 unspecified atom stereocenters. The van der Waals surface area contributed by atoms with Crippen LogP contribution in [-0.4, -0.2) is 45.0 Å². The molecule has 0 amide bonds. The van der Waals surface area contributed by atoms with Gasteiger partial charge in [0, 0.05) is 13.1 Å². The van der Waals surface area contributed by atoms with Gasteiger partial charge < -0.3 is 15.3 Å². The molecule has 0 aliphatic carbocycles. The molecule has 0 bridgehead atoms. The fourth-order valence-corrected chi connectivity index (χ4v) is 2.84. The Morgan fingerprint density at radius 2 is 1.88 bits per heavy atom. The third-order valence-corrected chi connectivity index (χ3v) is 3.66. The van der Waals surface area contributed by atoms with Gasteiger partial charge in [0.2, 0.25) is 0 Å². The summed E-state index contributed by atoms with van der Waals surface area (Å²) < 4.78 is 0. The summed E-state index contributed by atoms with van der Waals surface area (Å²) in [5.74, 6) is 0. The average molecular weight is 221 g/mol. The largest absolute Gasteiger partial charge is 0.389 e. The van der Waals surface area contributed by atoms with Gasteiger partial charge in [-0.15, -0.1) is 0 Å².